The van der Waals surface area contributed by atoms with Crippen LogP contribution in [0.25, 0.3) is 0 Å². The molecule has 14 heteroatoms. The van der Waals surface area contributed by atoms with Crippen LogP contribution in [0.3, 0.4) is 0 Å². The quantitative estimate of drug-likeness (QED) is 0.361. The summed E-state index contributed by atoms with van der Waals surface area (Å²) in [5.74, 6) is -0.957. The molecule has 2 aliphatic carbocycles. The van der Waals surface area contributed by atoms with E-state index in [9.17, 15) is 18.9 Å². The van der Waals surface area contributed by atoms with Gasteiger partial charge in [-0.1, -0.05) is 24.6 Å². The summed E-state index contributed by atoms with van der Waals surface area (Å²) in [6, 6.07) is 11.4. The van der Waals surface area contributed by atoms with Gasteiger partial charge in [0.25, 0.3) is 11.8 Å². The minimum absolute atomic E-state index is 0.0443. The molecule has 2 N–H and O–H groups in total. The van der Waals surface area contributed by atoms with Crippen LogP contribution in [0.5, 0.6) is 11.6 Å². The summed E-state index contributed by atoms with van der Waals surface area (Å²) in [6.45, 7) is 3.65. The van der Waals surface area contributed by atoms with Crippen molar-refractivity contribution in [1.29, 1.82) is 0 Å². The van der Waals surface area contributed by atoms with Gasteiger partial charge in [-0.05, 0) is 104 Å². The van der Waals surface area contributed by atoms with Crippen LogP contribution >= 0.6 is 11.6 Å². The van der Waals surface area contributed by atoms with E-state index < -0.39 is 33.8 Å². The van der Waals surface area contributed by atoms with Crippen molar-refractivity contribution in [2.75, 3.05) is 44.6 Å². The van der Waals surface area contributed by atoms with Gasteiger partial charge < -0.3 is 24.2 Å². The number of amides is 2. The molecule has 3 aromatic rings. The number of halogens is 1. The Morgan fingerprint density at radius 1 is 1.15 bits per heavy atom. The summed E-state index contributed by atoms with van der Waals surface area (Å²) in [5.41, 5.74) is 3.25. The lowest BCUT2D eigenvalue weighted by Crippen LogP contribution is -2.50. The van der Waals surface area contributed by atoms with Crippen molar-refractivity contribution in [2.24, 2.45) is 29.2 Å². The lowest BCUT2D eigenvalue weighted by molar-refractivity contribution is -0.0300. The molecule has 2 aliphatic heterocycles. The number of nitrogens with one attached hydrogen (secondary N) is 1. The van der Waals surface area contributed by atoms with E-state index in [0.717, 1.165) is 49.4 Å². The predicted octanol–water partition coefficient (Wildman–Crippen LogP) is 5.34. The van der Waals surface area contributed by atoms with Crippen molar-refractivity contribution in [2.45, 2.75) is 69.5 Å². The zero-order valence-electron chi connectivity index (χ0n) is 30.2. The number of anilines is 1. The number of benzene rings is 2. The minimum atomic E-state index is -3.75. The van der Waals surface area contributed by atoms with Crippen molar-refractivity contribution in [3.05, 3.63) is 69.9 Å². The van der Waals surface area contributed by atoms with E-state index in [1.165, 1.54) is 29.1 Å². The Labute approximate surface area is 310 Å². The second kappa shape index (κ2) is 14.6. The van der Waals surface area contributed by atoms with Crippen LogP contribution in [0.1, 0.15) is 77.3 Å². The number of nitrogens with zero attached hydrogens (tertiary/aromatic N) is 4. The Balaban J connectivity index is 1.31. The number of aliphatic hydroxyl groups is 1. The summed E-state index contributed by atoms with van der Waals surface area (Å²) in [5, 5.41) is 16.2. The minimum Gasteiger partial charge on any atom is -0.490 e. The highest BCUT2D eigenvalue weighted by molar-refractivity contribution is 7.92. The number of hydrogen-bond donors (Lipinski definition) is 2. The maximum Gasteiger partial charge on any atom is 0.286 e. The smallest absolute Gasteiger partial charge is 0.286 e. The van der Waals surface area contributed by atoms with E-state index in [1.807, 2.05) is 6.07 Å². The number of aromatic nitrogens is 2. The van der Waals surface area contributed by atoms with Gasteiger partial charge >= 0.3 is 0 Å². The van der Waals surface area contributed by atoms with Crippen LogP contribution in [-0.4, -0.2) is 82.8 Å². The fourth-order valence-corrected chi connectivity index (χ4v) is 10.8. The van der Waals surface area contributed by atoms with Crippen molar-refractivity contribution in [3.8, 4) is 11.6 Å². The van der Waals surface area contributed by atoms with Crippen LogP contribution < -0.4 is 19.1 Å². The van der Waals surface area contributed by atoms with Crippen LogP contribution in [0.2, 0.25) is 5.02 Å². The molecule has 52 heavy (non-hydrogen) atoms. The van der Waals surface area contributed by atoms with E-state index in [1.54, 1.807) is 39.3 Å². The van der Waals surface area contributed by atoms with E-state index >= 15 is 0 Å². The van der Waals surface area contributed by atoms with E-state index in [0.29, 0.717) is 43.6 Å². The highest BCUT2D eigenvalue weighted by atomic mass is 35.5. The molecular weight excluding hydrogens is 706 g/mol. The third-order valence-electron chi connectivity index (χ3n) is 11.6. The maximum absolute atomic E-state index is 14.6. The van der Waals surface area contributed by atoms with Crippen LogP contribution in [-0.2, 0) is 33.5 Å². The lowest BCUT2D eigenvalue weighted by Gasteiger charge is -2.46. The molecule has 4 aliphatic rings. The summed E-state index contributed by atoms with van der Waals surface area (Å²) in [4.78, 5) is 29.9. The average molecular weight is 754 g/mol. The number of ether oxygens (including phenoxy) is 3. The molecule has 2 bridgehead atoms. The first kappa shape index (κ1) is 36.7. The van der Waals surface area contributed by atoms with Gasteiger partial charge in [0.05, 0.1) is 37.4 Å². The first-order chi connectivity index (χ1) is 24.9. The molecule has 3 heterocycles. The zero-order chi connectivity index (χ0) is 36.8. The van der Waals surface area contributed by atoms with E-state index in [4.69, 9.17) is 25.8 Å². The number of carbonyl (C=O) groups is 2. The second-order valence-corrected chi connectivity index (χ2v) is 17.5. The molecule has 2 aromatic carbocycles. The molecule has 0 saturated heterocycles. The summed E-state index contributed by atoms with van der Waals surface area (Å²) in [6.07, 6.45) is 6.50. The maximum atomic E-state index is 14.6. The highest BCUT2D eigenvalue weighted by Gasteiger charge is 2.45. The van der Waals surface area contributed by atoms with Crippen molar-refractivity contribution in [3.63, 3.8) is 0 Å². The third kappa shape index (κ3) is 7.16. The van der Waals surface area contributed by atoms with E-state index in [2.05, 4.69) is 31.2 Å². The first-order valence-corrected chi connectivity index (χ1v) is 20.2. The Morgan fingerprint density at radius 2 is 1.98 bits per heavy atom. The average Bonchev–Trinajstić information content (AvgIpc) is 3.42. The van der Waals surface area contributed by atoms with Gasteiger partial charge in [0.1, 0.15) is 21.2 Å². The second-order valence-electron chi connectivity index (χ2n) is 15.0. The van der Waals surface area contributed by atoms with Gasteiger partial charge in [0, 0.05) is 49.4 Å². The summed E-state index contributed by atoms with van der Waals surface area (Å²) in [7, 11) is 0.991. The van der Waals surface area contributed by atoms with Gasteiger partial charge in [-0.3, -0.25) is 19.0 Å². The number of methoxy groups -OCH3 is 2. The van der Waals surface area contributed by atoms with Gasteiger partial charge in [0.2, 0.25) is 5.88 Å². The van der Waals surface area contributed by atoms with Gasteiger partial charge in [-0.25, -0.2) is 4.21 Å². The topological polar surface area (TPSA) is 145 Å². The largest absolute Gasteiger partial charge is 0.490 e. The number of carbonyl (C=O) groups excluding carboxylic acids is 2. The molecule has 1 fully saturated rings. The lowest BCUT2D eigenvalue weighted by atomic mass is 9.68. The molecular formula is C38H48ClN5O7S. The predicted molar refractivity (Wildman–Crippen MR) is 199 cm³/mol. The molecule has 1 saturated carbocycles. The monoisotopic (exact) mass is 753 g/mol. The van der Waals surface area contributed by atoms with Crippen molar-refractivity contribution >= 4 is 39.0 Å². The first-order valence-electron chi connectivity index (χ1n) is 18.1. The van der Waals surface area contributed by atoms with Crippen LogP contribution in [0, 0.1) is 17.8 Å². The van der Waals surface area contributed by atoms with Gasteiger partial charge in [-0.2, -0.15) is 0 Å². The molecule has 1 spiro atoms. The summed E-state index contributed by atoms with van der Waals surface area (Å²) >= 11 is 6.45. The standard InChI is InChI=1S/C38H48ClN5O7S/c1-23-20-52(48,42-36(47)29-19-43(2)40-37(29)50-4)41-35(46)25-8-13-34-31(17-25)44(18-26-7-10-28(26)33(49-3)14-12-32(23)45)21-38(22-51-34)15-5-6-24-16-27(39)9-11-30(24)38/h8-9,11,13,16-17,19,23,26,28,32-33,45H,5-7,10,12,14-15,18,20-22H2,1-4H3,(H,41,42,46,47,48)/t23-,26+,28-,32+,33+,38+,52+/m1/s1. The molecule has 7 rings (SSSR count). The van der Waals surface area contributed by atoms with Gasteiger partial charge in [0.15, 0.2) is 0 Å². The Morgan fingerprint density at radius 3 is 2.73 bits per heavy atom. The number of aryl methyl sites for hydroxylation is 2. The van der Waals surface area contributed by atoms with Crippen LogP contribution in [0.15, 0.2) is 47.0 Å². The molecule has 0 unspecified atom stereocenters. The number of rotatable bonds is 4. The van der Waals surface area contributed by atoms with Crippen molar-refractivity contribution < 1.29 is 33.1 Å². The fraction of sp³-hybridized carbons (Fsp3) is 0.553. The molecule has 280 valence electrons. The normalized spacial score (nSPS) is 30.5. The van der Waals surface area contributed by atoms with E-state index in [-0.39, 0.29) is 34.3 Å². The molecule has 12 nitrogen and oxygen atoms in total. The Bertz CT molecular complexity index is 1980. The number of aliphatic hydroxyl groups excluding tert-OH is 1. The van der Waals surface area contributed by atoms with Crippen LogP contribution in [0.4, 0.5) is 5.69 Å². The Hall–Kier alpha value is -3.65. The molecule has 1 aromatic heterocycles. The molecule has 2 amide bonds. The number of hydrogen-bond acceptors (Lipinski definition) is 9. The molecule has 0 radical (unpaired) electrons. The summed E-state index contributed by atoms with van der Waals surface area (Å²) < 4.78 is 40.7. The Kier molecular flexibility index (Phi) is 10.3. The highest BCUT2D eigenvalue weighted by Crippen LogP contribution is 2.47. The third-order valence-corrected chi connectivity index (χ3v) is 13.8. The van der Waals surface area contributed by atoms with Crippen molar-refractivity contribution in [1.82, 2.24) is 14.5 Å². The van der Waals surface area contributed by atoms with Gasteiger partial charge in [-0.15, -0.1) is 9.46 Å². The zero-order valence-corrected chi connectivity index (χ0v) is 31.8. The fourth-order valence-electron chi connectivity index (χ4n) is 8.70. The SMILES string of the molecule is COc1nn(C)cc1C(=O)N[S@@]1(=O)=NC(=O)c2ccc3c(c2)N(C[C@@H]2CC[C@H]2[C@@H](OC)CC[C@H](O)[C@H](C)C1)C[C@@]1(CCCc2cc(Cl)ccc21)CO3. The molecule has 7 atom stereocenters. The number of fused-ring (bicyclic) bond motifs is 4.